The van der Waals surface area contributed by atoms with Gasteiger partial charge in [-0.3, -0.25) is 4.79 Å². The van der Waals surface area contributed by atoms with E-state index in [9.17, 15) is 22.4 Å². The second-order valence-electron chi connectivity index (χ2n) is 8.22. The second kappa shape index (κ2) is 11.6. The quantitative estimate of drug-likeness (QED) is 0.342. The number of aromatic nitrogens is 1. The summed E-state index contributed by atoms with van der Waals surface area (Å²) in [5.41, 5.74) is 6.36. The number of hydrogen-bond acceptors (Lipinski definition) is 6. The molecule has 0 spiro atoms. The number of carbonyl (C=O) groups excluding carboxylic acids is 1. The highest BCUT2D eigenvalue weighted by Crippen LogP contribution is 2.37. The molecule has 1 fully saturated rings. The van der Waals surface area contributed by atoms with E-state index in [0.29, 0.717) is 29.8 Å². The van der Waals surface area contributed by atoms with Gasteiger partial charge in [-0.15, -0.1) is 12.4 Å². The van der Waals surface area contributed by atoms with Crippen molar-refractivity contribution in [2.45, 2.75) is 39.0 Å². The first-order chi connectivity index (χ1) is 16.7. The van der Waals surface area contributed by atoms with Crippen molar-refractivity contribution in [3.8, 4) is 23.0 Å². The summed E-state index contributed by atoms with van der Waals surface area (Å²) in [5.74, 6) is -1.79. The van der Waals surface area contributed by atoms with Crippen LogP contribution in [0.3, 0.4) is 0 Å². The van der Waals surface area contributed by atoms with Crippen molar-refractivity contribution in [2.75, 3.05) is 6.61 Å². The Kier molecular flexibility index (Phi) is 8.80. The molecule has 1 amide bonds. The Labute approximate surface area is 210 Å². The van der Waals surface area contributed by atoms with E-state index in [1.165, 1.54) is 18.2 Å². The zero-order valence-electron chi connectivity index (χ0n) is 19.1. The molecule has 4 rings (SSSR count). The highest BCUT2D eigenvalue weighted by molar-refractivity contribution is 5.94. The number of rotatable bonds is 10. The Bertz CT molecular complexity index is 1220. The Morgan fingerprint density at radius 1 is 1.19 bits per heavy atom. The molecule has 36 heavy (non-hydrogen) atoms. The summed E-state index contributed by atoms with van der Waals surface area (Å²) >= 11 is 0. The second-order valence-corrected chi connectivity index (χ2v) is 8.22. The highest BCUT2D eigenvalue weighted by atomic mass is 35.5. The van der Waals surface area contributed by atoms with Crippen molar-refractivity contribution in [1.82, 2.24) is 10.3 Å². The average Bonchev–Trinajstić information content (AvgIpc) is 3.53. The molecule has 194 valence electrons. The van der Waals surface area contributed by atoms with E-state index in [0.717, 1.165) is 25.0 Å². The number of oxazole rings is 1. The van der Waals surface area contributed by atoms with Crippen LogP contribution in [0, 0.1) is 17.6 Å². The van der Waals surface area contributed by atoms with Crippen LogP contribution in [-0.4, -0.2) is 24.1 Å². The molecule has 7 nitrogen and oxygen atoms in total. The van der Waals surface area contributed by atoms with Gasteiger partial charge in [0.05, 0.1) is 24.8 Å². The number of carbonyl (C=O) groups is 1. The number of amides is 1. The molecule has 3 N–H and O–H groups in total. The predicted octanol–water partition coefficient (Wildman–Crippen LogP) is 5.38. The number of nitrogens with one attached hydrogen (secondary N) is 1. The van der Waals surface area contributed by atoms with Gasteiger partial charge in [-0.1, -0.05) is 0 Å². The van der Waals surface area contributed by atoms with Crippen LogP contribution in [-0.2, 0) is 6.54 Å². The summed E-state index contributed by atoms with van der Waals surface area (Å²) in [5, 5.41) is 2.51. The third kappa shape index (κ3) is 6.67. The van der Waals surface area contributed by atoms with Crippen molar-refractivity contribution in [1.29, 1.82) is 0 Å². The SMILES string of the molecule is C[C@H](N)c1oc(-c2ccc(OC(F)F)c(OCC3CC3)c2)nc1CNC(=O)c1ccc(F)cc1F.Cl. The molecule has 12 heteroatoms. The van der Waals surface area contributed by atoms with Crippen LogP contribution in [0.4, 0.5) is 17.6 Å². The molecule has 1 aliphatic rings. The number of benzene rings is 2. The molecule has 2 aromatic carbocycles. The zero-order chi connectivity index (χ0) is 25.1. The number of halogens is 5. The van der Waals surface area contributed by atoms with Gasteiger partial charge < -0.3 is 24.9 Å². The maximum atomic E-state index is 13.9. The zero-order valence-corrected chi connectivity index (χ0v) is 19.9. The van der Waals surface area contributed by atoms with Crippen molar-refractivity contribution < 1.29 is 36.2 Å². The molecule has 1 heterocycles. The van der Waals surface area contributed by atoms with Gasteiger partial charge in [0, 0.05) is 11.6 Å². The molecular weight excluding hydrogens is 506 g/mol. The molecule has 1 atom stereocenters. The monoisotopic (exact) mass is 529 g/mol. The molecule has 1 aromatic heterocycles. The lowest BCUT2D eigenvalue weighted by atomic mass is 10.2. The third-order valence-corrected chi connectivity index (χ3v) is 5.31. The number of ether oxygens (including phenoxy) is 2. The third-order valence-electron chi connectivity index (χ3n) is 5.31. The van der Waals surface area contributed by atoms with Gasteiger partial charge >= 0.3 is 6.61 Å². The highest BCUT2D eigenvalue weighted by Gasteiger charge is 2.24. The normalized spacial score (nSPS) is 13.8. The summed E-state index contributed by atoms with van der Waals surface area (Å²) in [6.45, 7) is -1.14. The number of nitrogens with two attached hydrogens (primary N) is 1. The minimum Gasteiger partial charge on any atom is -0.489 e. The van der Waals surface area contributed by atoms with Crippen LogP contribution >= 0.6 is 12.4 Å². The molecular formula is C24H24ClF4N3O4. The van der Waals surface area contributed by atoms with Crippen molar-refractivity contribution in [3.05, 3.63) is 65.1 Å². The van der Waals surface area contributed by atoms with Crippen LogP contribution in [0.15, 0.2) is 40.8 Å². The van der Waals surface area contributed by atoms with Crippen LogP contribution in [0.25, 0.3) is 11.5 Å². The largest absolute Gasteiger partial charge is 0.489 e. The van der Waals surface area contributed by atoms with Crippen LogP contribution in [0.2, 0.25) is 0 Å². The van der Waals surface area contributed by atoms with E-state index in [1.807, 2.05) is 0 Å². The van der Waals surface area contributed by atoms with Crippen LogP contribution < -0.4 is 20.5 Å². The standard InChI is InChI=1S/C24H23F4N3O4.ClH/c1-12(29)21-18(10-30-22(32)16-6-5-15(25)9-17(16)26)31-23(35-21)14-4-7-19(34-24(27)28)20(8-14)33-11-13-2-3-13;/h4-9,12-13,24H,2-3,10-11,29H2,1H3,(H,30,32);1H/t12-;/m0./s1. The van der Waals surface area contributed by atoms with Crippen molar-refractivity contribution >= 4 is 18.3 Å². The minimum atomic E-state index is -3.02. The van der Waals surface area contributed by atoms with Gasteiger partial charge in [0.15, 0.2) is 11.5 Å². The van der Waals surface area contributed by atoms with Gasteiger partial charge in [-0.05, 0) is 56.0 Å². The van der Waals surface area contributed by atoms with Crippen LogP contribution in [0.1, 0.15) is 47.6 Å². The van der Waals surface area contributed by atoms with Crippen LogP contribution in [0.5, 0.6) is 11.5 Å². The maximum absolute atomic E-state index is 13.9. The first-order valence-corrected chi connectivity index (χ1v) is 10.9. The smallest absolute Gasteiger partial charge is 0.387 e. The lowest BCUT2D eigenvalue weighted by molar-refractivity contribution is -0.0515. The Hall–Kier alpha value is -3.31. The van der Waals surface area contributed by atoms with E-state index in [1.54, 1.807) is 6.92 Å². The van der Waals surface area contributed by atoms with E-state index in [4.69, 9.17) is 14.9 Å². The molecule has 0 saturated heterocycles. The van der Waals surface area contributed by atoms with Gasteiger partial charge in [-0.2, -0.15) is 8.78 Å². The van der Waals surface area contributed by atoms with E-state index in [-0.39, 0.29) is 47.7 Å². The summed E-state index contributed by atoms with van der Waals surface area (Å²) in [7, 11) is 0. The van der Waals surface area contributed by atoms with Gasteiger partial charge in [-0.25, -0.2) is 13.8 Å². The van der Waals surface area contributed by atoms with E-state index in [2.05, 4.69) is 15.0 Å². The molecule has 0 aliphatic heterocycles. The summed E-state index contributed by atoms with van der Waals surface area (Å²) in [4.78, 5) is 16.7. The molecule has 1 saturated carbocycles. The lowest BCUT2D eigenvalue weighted by Gasteiger charge is -2.12. The first-order valence-electron chi connectivity index (χ1n) is 10.9. The van der Waals surface area contributed by atoms with Crippen molar-refractivity contribution in [3.63, 3.8) is 0 Å². The lowest BCUT2D eigenvalue weighted by Crippen LogP contribution is -2.25. The summed E-state index contributed by atoms with van der Waals surface area (Å²) < 4.78 is 68.6. The number of hydrogen-bond donors (Lipinski definition) is 2. The molecule has 0 unspecified atom stereocenters. The Morgan fingerprint density at radius 2 is 1.94 bits per heavy atom. The van der Waals surface area contributed by atoms with E-state index < -0.39 is 30.2 Å². The Balaban J connectivity index is 0.00000361. The average molecular weight is 530 g/mol. The Morgan fingerprint density at radius 3 is 2.58 bits per heavy atom. The summed E-state index contributed by atoms with van der Waals surface area (Å²) in [6.07, 6.45) is 2.03. The number of nitrogens with zero attached hydrogens (tertiary/aromatic N) is 1. The fourth-order valence-electron chi connectivity index (χ4n) is 3.34. The minimum absolute atomic E-state index is 0. The van der Waals surface area contributed by atoms with E-state index >= 15 is 0 Å². The molecule has 0 bridgehead atoms. The predicted molar refractivity (Wildman–Crippen MR) is 124 cm³/mol. The summed E-state index contributed by atoms with van der Waals surface area (Å²) in [6, 6.07) is 6.32. The fraction of sp³-hybridized carbons (Fsp3) is 0.333. The fourth-order valence-corrected chi connectivity index (χ4v) is 3.34. The van der Waals surface area contributed by atoms with Gasteiger partial charge in [0.25, 0.3) is 5.91 Å². The topological polar surface area (TPSA) is 99.6 Å². The maximum Gasteiger partial charge on any atom is 0.387 e. The first kappa shape index (κ1) is 27.3. The van der Waals surface area contributed by atoms with Crippen molar-refractivity contribution in [2.24, 2.45) is 11.7 Å². The van der Waals surface area contributed by atoms with Gasteiger partial charge in [0.1, 0.15) is 23.1 Å². The van der Waals surface area contributed by atoms with Gasteiger partial charge in [0.2, 0.25) is 5.89 Å². The molecule has 1 aliphatic carbocycles. The molecule has 3 aromatic rings. The number of alkyl halides is 2. The molecule has 0 radical (unpaired) electrons.